The summed E-state index contributed by atoms with van der Waals surface area (Å²) in [5, 5.41) is 0. The normalized spacial score (nSPS) is 48.9. The molecule has 4 unspecified atom stereocenters. The molecule has 0 spiro atoms. The van der Waals surface area contributed by atoms with E-state index in [1.165, 1.54) is 12.0 Å². The monoisotopic (exact) mass is 260 g/mol. The quantitative estimate of drug-likeness (QED) is 0.437. The van der Waals surface area contributed by atoms with Gasteiger partial charge in [0.2, 0.25) is 0 Å². The second-order valence-corrected chi connectivity index (χ2v) is 7.56. The number of carbonyl (C=O) groups is 1. The molecule has 0 N–H and O–H groups in total. The third-order valence-electron chi connectivity index (χ3n) is 5.60. The summed E-state index contributed by atoms with van der Waals surface area (Å²) >= 11 is 0. The fourth-order valence-electron chi connectivity index (χ4n) is 4.25. The van der Waals surface area contributed by atoms with Gasteiger partial charge in [-0.15, -0.1) is 0 Å². The number of hydrogen-bond acceptors (Lipinski definition) is 2. The van der Waals surface area contributed by atoms with Crippen molar-refractivity contribution in [3.8, 4) is 0 Å². The van der Waals surface area contributed by atoms with Crippen LogP contribution in [0.5, 0.6) is 0 Å². The number of ether oxygens (including phenoxy) is 1. The zero-order valence-electron chi connectivity index (χ0n) is 12.6. The third kappa shape index (κ3) is 1.72. The Balaban J connectivity index is 1.56. The zero-order valence-corrected chi connectivity index (χ0v) is 12.6. The Morgan fingerprint density at radius 1 is 1.26 bits per heavy atom. The van der Waals surface area contributed by atoms with Gasteiger partial charge in [-0.3, -0.25) is 0 Å². The molecule has 0 aromatic heterocycles. The van der Waals surface area contributed by atoms with Crippen LogP contribution in [0.4, 0.5) is 0 Å². The summed E-state index contributed by atoms with van der Waals surface area (Å²) in [6.45, 7) is 14.5. The molecule has 104 valence electrons. The van der Waals surface area contributed by atoms with Crippen molar-refractivity contribution in [3.63, 3.8) is 0 Å². The molecule has 3 saturated carbocycles. The Kier molecular flexibility index (Phi) is 2.41. The average Bonchev–Trinajstić information content (AvgIpc) is 3.14. The lowest BCUT2D eigenvalue weighted by molar-refractivity contribution is -0.143. The molecule has 2 heteroatoms. The standard InChI is InChI=1S/C17H24O2/c1-9(2)7-16(5)8-17(16,6)13-11-12(13)14(11)19-15(18)10(3)4/h7,11-14H,3,8H2,1-2,4-6H3. The van der Waals surface area contributed by atoms with Gasteiger partial charge >= 0.3 is 5.97 Å². The largest absolute Gasteiger partial charge is 0.458 e. The highest BCUT2D eigenvalue weighted by Gasteiger charge is 2.85. The Bertz CT molecular complexity index is 489. The van der Waals surface area contributed by atoms with Crippen LogP contribution in [0, 0.1) is 28.6 Å². The van der Waals surface area contributed by atoms with Crippen LogP contribution < -0.4 is 0 Å². The molecule has 0 aliphatic heterocycles. The Morgan fingerprint density at radius 3 is 2.32 bits per heavy atom. The van der Waals surface area contributed by atoms with Crippen LogP contribution in [0.25, 0.3) is 0 Å². The average molecular weight is 260 g/mol. The van der Waals surface area contributed by atoms with Crippen molar-refractivity contribution in [1.29, 1.82) is 0 Å². The van der Waals surface area contributed by atoms with Gasteiger partial charge in [-0.2, -0.15) is 0 Å². The summed E-state index contributed by atoms with van der Waals surface area (Å²) in [4.78, 5) is 11.5. The number of hydrogen-bond donors (Lipinski definition) is 0. The van der Waals surface area contributed by atoms with Gasteiger partial charge in [0.25, 0.3) is 0 Å². The molecule has 3 aliphatic carbocycles. The molecule has 0 radical (unpaired) electrons. The van der Waals surface area contributed by atoms with E-state index >= 15 is 0 Å². The summed E-state index contributed by atoms with van der Waals surface area (Å²) in [6.07, 6.45) is 3.91. The molecule has 2 nitrogen and oxygen atoms in total. The molecule has 0 heterocycles. The number of allylic oxidation sites excluding steroid dienone is 2. The van der Waals surface area contributed by atoms with E-state index in [1.54, 1.807) is 6.92 Å². The molecule has 19 heavy (non-hydrogen) atoms. The lowest BCUT2D eigenvalue weighted by atomic mass is 9.85. The number of carbonyl (C=O) groups excluding carboxylic acids is 1. The summed E-state index contributed by atoms with van der Waals surface area (Å²) in [5.41, 5.74) is 2.72. The Morgan fingerprint density at radius 2 is 1.84 bits per heavy atom. The summed E-state index contributed by atoms with van der Waals surface area (Å²) in [6, 6.07) is 0. The van der Waals surface area contributed by atoms with Crippen LogP contribution in [0.1, 0.15) is 41.0 Å². The molecule has 0 saturated heterocycles. The van der Waals surface area contributed by atoms with E-state index in [1.807, 2.05) is 0 Å². The second-order valence-electron chi connectivity index (χ2n) is 7.56. The highest BCUT2D eigenvalue weighted by atomic mass is 16.6. The van der Waals surface area contributed by atoms with Crippen LogP contribution in [-0.2, 0) is 9.53 Å². The Hall–Kier alpha value is -1.05. The third-order valence-corrected chi connectivity index (χ3v) is 5.60. The maximum atomic E-state index is 11.5. The lowest BCUT2D eigenvalue weighted by Gasteiger charge is -2.22. The molecule has 0 amide bonds. The summed E-state index contributed by atoms with van der Waals surface area (Å²) in [7, 11) is 0. The van der Waals surface area contributed by atoms with Gasteiger partial charge in [0.05, 0.1) is 0 Å². The first-order chi connectivity index (χ1) is 8.71. The molecule has 0 aromatic carbocycles. The zero-order chi connectivity index (χ0) is 14.2. The SMILES string of the molecule is C=C(C)C(=O)OC1C2C1C2C1(C)CC1(C)C=C(C)C. The highest BCUT2D eigenvalue weighted by Crippen LogP contribution is 2.85. The maximum absolute atomic E-state index is 11.5. The van der Waals surface area contributed by atoms with Gasteiger partial charge in [-0.1, -0.05) is 32.1 Å². The van der Waals surface area contributed by atoms with Crippen molar-refractivity contribution in [2.45, 2.75) is 47.1 Å². The van der Waals surface area contributed by atoms with E-state index in [2.05, 4.69) is 40.3 Å². The van der Waals surface area contributed by atoms with Gasteiger partial charge in [-0.25, -0.2) is 4.79 Å². The first-order valence-corrected chi connectivity index (χ1v) is 7.24. The maximum Gasteiger partial charge on any atom is 0.333 e. The van der Waals surface area contributed by atoms with Gasteiger partial charge in [0.1, 0.15) is 6.10 Å². The van der Waals surface area contributed by atoms with E-state index < -0.39 is 0 Å². The first-order valence-electron chi connectivity index (χ1n) is 7.24. The predicted octanol–water partition coefficient (Wildman–Crippen LogP) is 3.73. The van der Waals surface area contributed by atoms with E-state index in [9.17, 15) is 4.79 Å². The second kappa shape index (κ2) is 3.53. The van der Waals surface area contributed by atoms with Crippen LogP contribution >= 0.6 is 0 Å². The van der Waals surface area contributed by atoms with Gasteiger partial charge in [0.15, 0.2) is 0 Å². The topological polar surface area (TPSA) is 26.3 Å². The molecular formula is C17H24O2. The molecule has 0 aromatic rings. The van der Waals surface area contributed by atoms with Crippen LogP contribution in [0.15, 0.2) is 23.8 Å². The smallest absolute Gasteiger partial charge is 0.333 e. The molecule has 4 atom stereocenters. The van der Waals surface area contributed by atoms with Gasteiger partial charge < -0.3 is 4.74 Å². The predicted molar refractivity (Wildman–Crippen MR) is 75.4 cm³/mol. The fraction of sp³-hybridized carbons (Fsp3) is 0.706. The van der Waals surface area contributed by atoms with Crippen LogP contribution in [0.3, 0.4) is 0 Å². The van der Waals surface area contributed by atoms with Crippen molar-refractivity contribution in [2.75, 3.05) is 0 Å². The van der Waals surface area contributed by atoms with Crippen LogP contribution in [-0.4, -0.2) is 12.1 Å². The van der Waals surface area contributed by atoms with Crippen molar-refractivity contribution >= 4 is 5.97 Å². The lowest BCUT2D eigenvalue weighted by Crippen LogP contribution is -2.23. The molecule has 0 bridgehead atoms. The number of esters is 1. The van der Waals surface area contributed by atoms with E-state index in [0.29, 0.717) is 28.2 Å². The van der Waals surface area contributed by atoms with Crippen molar-refractivity contribution in [2.24, 2.45) is 28.6 Å². The van der Waals surface area contributed by atoms with Crippen molar-refractivity contribution in [3.05, 3.63) is 23.8 Å². The van der Waals surface area contributed by atoms with E-state index in [0.717, 1.165) is 5.92 Å². The summed E-state index contributed by atoms with van der Waals surface area (Å²) in [5.74, 6) is 1.83. The Labute approximate surface area is 115 Å². The minimum absolute atomic E-state index is 0.197. The first kappa shape index (κ1) is 13.0. The number of rotatable bonds is 4. The van der Waals surface area contributed by atoms with Crippen molar-refractivity contribution < 1.29 is 9.53 Å². The van der Waals surface area contributed by atoms with Gasteiger partial charge in [0, 0.05) is 17.4 Å². The molecule has 3 aliphatic rings. The highest BCUT2D eigenvalue weighted by molar-refractivity contribution is 5.87. The number of fused-ring (bicyclic) bond motifs is 1. The van der Waals surface area contributed by atoms with E-state index in [4.69, 9.17) is 4.74 Å². The molecule has 3 rings (SSSR count). The summed E-state index contributed by atoms with van der Waals surface area (Å²) < 4.78 is 5.43. The van der Waals surface area contributed by atoms with Crippen LogP contribution in [0.2, 0.25) is 0 Å². The fourth-order valence-corrected chi connectivity index (χ4v) is 4.25. The van der Waals surface area contributed by atoms with Gasteiger partial charge in [-0.05, 0) is 43.9 Å². The molecule has 3 fully saturated rings. The molecular weight excluding hydrogens is 236 g/mol. The van der Waals surface area contributed by atoms with E-state index in [-0.39, 0.29) is 12.1 Å². The minimum atomic E-state index is -0.219. The minimum Gasteiger partial charge on any atom is -0.458 e. The van der Waals surface area contributed by atoms with Crippen molar-refractivity contribution in [1.82, 2.24) is 0 Å².